The van der Waals surface area contributed by atoms with Crippen molar-refractivity contribution in [1.82, 2.24) is 4.90 Å². The van der Waals surface area contributed by atoms with Crippen molar-refractivity contribution in [2.45, 2.75) is 25.6 Å². The van der Waals surface area contributed by atoms with E-state index in [1.54, 1.807) is 13.4 Å². The van der Waals surface area contributed by atoms with Gasteiger partial charge in [-0.25, -0.2) is 0 Å². The summed E-state index contributed by atoms with van der Waals surface area (Å²) in [6.45, 7) is 1.96. The quantitative estimate of drug-likeness (QED) is 0.635. The molecule has 0 aliphatic heterocycles. The minimum atomic E-state index is -0.439. The van der Waals surface area contributed by atoms with Crippen LogP contribution in [0.25, 0.3) is 0 Å². The predicted molar refractivity (Wildman–Crippen MR) is 102 cm³/mol. The Morgan fingerprint density at radius 2 is 1.69 bits per heavy atom. The average Bonchev–Trinajstić information content (AvgIpc) is 3.16. The normalized spacial score (nSPS) is 12.3. The standard InChI is InChI=1S/C22H25NO3/c1-25-21-11-9-19(10-12-21)15-23(17-22-8-5-13-26-22)16-20(24)14-18-6-3-2-4-7-18/h2-13,20,24H,14-17H2,1H3. The van der Waals surface area contributed by atoms with Crippen LogP contribution in [0.5, 0.6) is 5.75 Å². The van der Waals surface area contributed by atoms with Crippen LogP contribution in [0.1, 0.15) is 16.9 Å². The Morgan fingerprint density at radius 1 is 0.923 bits per heavy atom. The number of ether oxygens (including phenoxy) is 1. The van der Waals surface area contributed by atoms with Gasteiger partial charge < -0.3 is 14.3 Å². The van der Waals surface area contributed by atoms with Gasteiger partial charge in [0.15, 0.2) is 0 Å². The monoisotopic (exact) mass is 351 g/mol. The highest BCUT2D eigenvalue weighted by Crippen LogP contribution is 2.16. The summed E-state index contributed by atoms with van der Waals surface area (Å²) < 4.78 is 10.7. The number of aliphatic hydroxyl groups is 1. The number of rotatable bonds is 9. The zero-order valence-electron chi connectivity index (χ0n) is 15.0. The summed E-state index contributed by atoms with van der Waals surface area (Å²) in [6, 6.07) is 22.0. The fourth-order valence-electron chi connectivity index (χ4n) is 3.05. The van der Waals surface area contributed by atoms with E-state index in [0.29, 0.717) is 19.5 Å². The predicted octanol–water partition coefficient (Wildman–Crippen LogP) is 3.89. The van der Waals surface area contributed by atoms with Crippen LogP contribution >= 0.6 is 0 Å². The average molecular weight is 351 g/mol. The molecule has 0 aliphatic carbocycles. The summed E-state index contributed by atoms with van der Waals surface area (Å²) in [7, 11) is 1.66. The van der Waals surface area contributed by atoms with E-state index in [-0.39, 0.29) is 0 Å². The number of nitrogens with zero attached hydrogens (tertiary/aromatic N) is 1. The molecule has 136 valence electrons. The summed E-state index contributed by atoms with van der Waals surface area (Å²) in [5.74, 6) is 1.74. The molecule has 0 aliphatic rings. The van der Waals surface area contributed by atoms with E-state index in [0.717, 1.165) is 23.6 Å². The van der Waals surface area contributed by atoms with Crippen molar-refractivity contribution in [1.29, 1.82) is 0 Å². The Balaban J connectivity index is 1.65. The lowest BCUT2D eigenvalue weighted by atomic mass is 10.1. The van der Waals surface area contributed by atoms with Crippen molar-refractivity contribution >= 4 is 0 Å². The molecule has 1 N–H and O–H groups in total. The maximum atomic E-state index is 10.6. The largest absolute Gasteiger partial charge is 0.497 e. The minimum Gasteiger partial charge on any atom is -0.497 e. The molecule has 0 bridgehead atoms. The van der Waals surface area contributed by atoms with Crippen molar-refractivity contribution in [3.8, 4) is 5.75 Å². The van der Waals surface area contributed by atoms with E-state index in [2.05, 4.69) is 17.0 Å². The lowest BCUT2D eigenvalue weighted by molar-refractivity contribution is 0.100. The van der Waals surface area contributed by atoms with Gasteiger partial charge >= 0.3 is 0 Å². The van der Waals surface area contributed by atoms with Crippen LogP contribution in [0.2, 0.25) is 0 Å². The number of methoxy groups -OCH3 is 1. The minimum absolute atomic E-state index is 0.439. The van der Waals surface area contributed by atoms with Crippen molar-refractivity contribution in [2.24, 2.45) is 0 Å². The zero-order valence-corrected chi connectivity index (χ0v) is 15.0. The molecule has 4 heteroatoms. The third-order valence-electron chi connectivity index (χ3n) is 4.31. The second-order valence-electron chi connectivity index (χ2n) is 6.44. The maximum absolute atomic E-state index is 10.6. The van der Waals surface area contributed by atoms with Gasteiger partial charge in [0.25, 0.3) is 0 Å². The van der Waals surface area contributed by atoms with Gasteiger partial charge in [0.1, 0.15) is 11.5 Å². The van der Waals surface area contributed by atoms with Crippen LogP contribution in [-0.4, -0.2) is 29.8 Å². The molecule has 3 rings (SSSR count). The smallest absolute Gasteiger partial charge is 0.118 e. The number of hydrogen-bond donors (Lipinski definition) is 1. The Morgan fingerprint density at radius 3 is 2.35 bits per heavy atom. The summed E-state index contributed by atoms with van der Waals surface area (Å²) in [6.07, 6.45) is 1.88. The summed E-state index contributed by atoms with van der Waals surface area (Å²) >= 11 is 0. The van der Waals surface area contributed by atoms with Gasteiger partial charge in [0.05, 0.1) is 26.0 Å². The summed E-state index contributed by atoms with van der Waals surface area (Å²) in [5.41, 5.74) is 2.31. The number of benzene rings is 2. The molecular formula is C22H25NO3. The first-order valence-electron chi connectivity index (χ1n) is 8.82. The molecule has 1 heterocycles. The molecule has 0 saturated heterocycles. The lowest BCUT2D eigenvalue weighted by Crippen LogP contribution is -2.32. The number of aliphatic hydroxyl groups excluding tert-OH is 1. The second kappa shape index (κ2) is 9.22. The Hall–Kier alpha value is -2.56. The summed E-state index contributed by atoms with van der Waals surface area (Å²) in [5, 5.41) is 10.6. The fourth-order valence-corrected chi connectivity index (χ4v) is 3.05. The van der Waals surface area contributed by atoms with Crippen LogP contribution in [0.3, 0.4) is 0 Å². The highest BCUT2D eigenvalue weighted by atomic mass is 16.5. The number of furan rings is 1. The van der Waals surface area contributed by atoms with E-state index in [9.17, 15) is 5.11 Å². The van der Waals surface area contributed by atoms with Crippen LogP contribution in [0, 0.1) is 0 Å². The van der Waals surface area contributed by atoms with Crippen molar-refractivity contribution in [2.75, 3.05) is 13.7 Å². The van der Waals surface area contributed by atoms with Gasteiger partial charge in [-0.3, -0.25) is 4.90 Å². The van der Waals surface area contributed by atoms with E-state index < -0.39 is 6.10 Å². The van der Waals surface area contributed by atoms with Gasteiger partial charge in [-0.05, 0) is 41.8 Å². The molecule has 1 aromatic heterocycles. The number of hydrogen-bond acceptors (Lipinski definition) is 4. The third kappa shape index (κ3) is 5.48. The Kier molecular flexibility index (Phi) is 6.47. The maximum Gasteiger partial charge on any atom is 0.118 e. The van der Waals surface area contributed by atoms with Crippen LogP contribution in [0.4, 0.5) is 0 Å². The SMILES string of the molecule is COc1ccc(CN(Cc2ccco2)CC(O)Cc2ccccc2)cc1. The molecule has 1 unspecified atom stereocenters. The third-order valence-corrected chi connectivity index (χ3v) is 4.31. The van der Waals surface area contributed by atoms with Crippen molar-refractivity contribution in [3.63, 3.8) is 0 Å². The molecule has 2 aromatic carbocycles. The molecule has 3 aromatic rings. The molecule has 1 atom stereocenters. The van der Waals surface area contributed by atoms with Crippen molar-refractivity contribution in [3.05, 3.63) is 89.9 Å². The summed E-state index contributed by atoms with van der Waals surface area (Å²) in [4.78, 5) is 2.20. The highest BCUT2D eigenvalue weighted by molar-refractivity contribution is 5.27. The van der Waals surface area contributed by atoms with Crippen molar-refractivity contribution < 1.29 is 14.3 Å². The molecule has 0 radical (unpaired) electrons. The zero-order chi connectivity index (χ0) is 18.2. The Labute approximate surface area is 154 Å². The lowest BCUT2D eigenvalue weighted by Gasteiger charge is -2.24. The van der Waals surface area contributed by atoms with E-state index >= 15 is 0 Å². The highest BCUT2D eigenvalue weighted by Gasteiger charge is 2.15. The van der Waals surface area contributed by atoms with E-state index in [1.807, 2.05) is 54.6 Å². The molecule has 0 fully saturated rings. The van der Waals surface area contributed by atoms with Gasteiger partial charge in [-0.1, -0.05) is 42.5 Å². The first kappa shape index (κ1) is 18.2. The Bertz CT molecular complexity index is 754. The van der Waals surface area contributed by atoms with E-state index in [4.69, 9.17) is 9.15 Å². The second-order valence-corrected chi connectivity index (χ2v) is 6.44. The first-order valence-corrected chi connectivity index (χ1v) is 8.82. The fraction of sp³-hybridized carbons (Fsp3) is 0.273. The first-order chi connectivity index (χ1) is 12.7. The topological polar surface area (TPSA) is 45.8 Å². The van der Waals surface area contributed by atoms with Gasteiger partial charge in [0, 0.05) is 13.1 Å². The molecule has 0 amide bonds. The molecule has 4 nitrogen and oxygen atoms in total. The van der Waals surface area contributed by atoms with Gasteiger partial charge in [-0.2, -0.15) is 0 Å². The van der Waals surface area contributed by atoms with Crippen LogP contribution in [0.15, 0.2) is 77.4 Å². The molecule has 0 saturated carbocycles. The molecule has 26 heavy (non-hydrogen) atoms. The van der Waals surface area contributed by atoms with Gasteiger partial charge in [-0.15, -0.1) is 0 Å². The molecular weight excluding hydrogens is 326 g/mol. The van der Waals surface area contributed by atoms with Crippen LogP contribution < -0.4 is 4.74 Å². The van der Waals surface area contributed by atoms with Gasteiger partial charge in [0.2, 0.25) is 0 Å². The van der Waals surface area contributed by atoms with Crippen LogP contribution in [-0.2, 0) is 19.5 Å². The molecule has 0 spiro atoms. The van der Waals surface area contributed by atoms with E-state index in [1.165, 1.54) is 5.56 Å².